The molecule has 0 aromatic heterocycles. The summed E-state index contributed by atoms with van der Waals surface area (Å²) in [5.74, 6) is -2.76. The molecule has 16 heavy (non-hydrogen) atoms. The molecule has 1 aromatic rings. The summed E-state index contributed by atoms with van der Waals surface area (Å²) < 4.78 is 36.0. The zero-order valence-electron chi connectivity index (χ0n) is 9.05. The monoisotopic (exact) mass is 230 g/mol. The largest absolute Gasteiger partial charge is 0.490 e. The van der Waals surface area contributed by atoms with Crippen molar-refractivity contribution < 1.29 is 23.0 Å². The fourth-order valence-corrected chi connectivity index (χ4v) is 1.12. The van der Waals surface area contributed by atoms with Crippen LogP contribution in [0.2, 0.25) is 0 Å². The van der Waals surface area contributed by atoms with Crippen molar-refractivity contribution in [3.8, 4) is 5.75 Å². The lowest BCUT2D eigenvalue weighted by atomic mass is 10.2. The quantitative estimate of drug-likeness (QED) is 0.745. The van der Waals surface area contributed by atoms with Gasteiger partial charge in [0.05, 0.1) is 19.3 Å². The summed E-state index contributed by atoms with van der Waals surface area (Å²) >= 11 is 0. The summed E-state index contributed by atoms with van der Waals surface area (Å²) in [7, 11) is 1.10. The Bertz CT molecular complexity index is 391. The standard InChI is InChI=1S/C11H12F2O3/c1-3-4-16-10-6-8(12)7(5-9(10)13)11(14)15-2/h5-6H,3-4H2,1-2H3. The van der Waals surface area contributed by atoms with E-state index < -0.39 is 23.2 Å². The van der Waals surface area contributed by atoms with E-state index in [-0.39, 0.29) is 12.4 Å². The predicted octanol–water partition coefficient (Wildman–Crippen LogP) is 2.54. The molecule has 0 spiro atoms. The Morgan fingerprint density at radius 3 is 2.56 bits per heavy atom. The van der Waals surface area contributed by atoms with Gasteiger partial charge in [0.15, 0.2) is 11.6 Å². The van der Waals surface area contributed by atoms with Crippen LogP contribution in [0.15, 0.2) is 12.1 Å². The van der Waals surface area contributed by atoms with E-state index in [9.17, 15) is 13.6 Å². The van der Waals surface area contributed by atoms with Gasteiger partial charge < -0.3 is 9.47 Å². The zero-order chi connectivity index (χ0) is 12.1. The third kappa shape index (κ3) is 2.68. The minimum atomic E-state index is -0.918. The van der Waals surface area contributed by atoms with Gasteiger partial charge in [-0.3, -0.25) is 0 Å². The number of hydrogen-bond acceptors (Lipinski definition) is 3. The number of carbonyl (C=O) groups is 1. The number of carbonyl (C=O) groups excluding carboxylic acids is 1. The van der Waals surface area contributed by atoms with Gasteiger partial charge in [0.1, 0.15) is 5.82 Å². The molecule has 1 rings (SSSR count). The molecule has 88 valence electrons. The van der Waals surface area contributed by atoms with Crippen LogP contribution < -0.4 is 4.74 Å². The molecule has 0 atom stereocenters. The smallest absolute Gasteiger partial charge is 0.340 e. The predicted molar refractivity (Wildman–Crippen MR) is 53.5 cm³/mol. The molecule has 5 heteroatoms. The lowest BCUT2D eigenvalue weighted by Gasteiger charge is -2.08. The van der Waals surface area contributed by atoms with E-state index in [1.54, 1.807) is 0 Å². The van der Waals surface area contributed by atoms with Gasteiger partial charge in [-0.15, -0.1) is 0 Å². The molecule has 0 unspecified atom stereocenters. The Hall–Kier alpha value is -1.65. The maximum absolute atomic E-state index is 13.4. The van der Waals surface area contributed by atoms with Gasteiger partial charge in [0, 0.05) is 6.07 Å². The van der Waals surface area contributed by atoms with E-state index in [0.717, 1.165) is 19.2 Å². The Kier molecular flexibility index (Phi) is 4.22. The molecule has 1 aromatic carbocycles. The van der Waals surface area contributed by atoms with Gasteiger partial charge in [-0.25, -0.2) is 13.6 Å². The summed E-state index contributed by atoms with van der Waals surface area (Å²) in [6, 6.07) is 1.61. The van der Waals surface area contributed by atoms with Crippen molar-refractivity contribution in [2.24, 2.45) is 0 Å². The van der Waals surface area contributed by atoms with Gasteiger partial charge in [-0.2, -0.15) is 0 Å². The Labute approximate surface area is 92.0 Å². The molecule has 0 aliphatic rings. The first-order valence-corrected chi connectivity index (χ1v) is 4.80. The van der Waals surface area contributed by atoms with Crippen LogP contribution in [0.5, 0.6) is 5.75 Å². The number of rotatable bonds is 4. The third-order valence-corrected chi connectivity index (χ3v) is 1.89. The topological polar surface area (TPSA) is 35.5 Å². The maximum Gasteiger partial charge on any atom is 0.340 e. The minimum Gasteiger partial charge on any atom is -0.490 e. The van der Waals surface area contributed by atoms with Crippen molar-refractivity contribution in [3.05, 3.63) is 29.3 Å². The van der Waals surface area contributed by atoms with Gasteiger partial charge in [0.25, 0.3) is 0 Å². The first kappa shape index (κ1) is 12.4. The van der Waals surface area contributed by atoms with Crippen LogP contribution in [0.4, 0.5) is 8.78 Å². The number of hydrogen-bond donors (Lipinski definition) is 0. The van der Waals surface area contributed by atoms with E-state index >= 15 is 0 Å². The summed E-state index contributed by atoms with van der Waals surface area (Å²) in [5, 5.41) is 0. The SMILES string of the molecule is CCCOc1cc(F)c(C(=O)OC)cc1F. The van der Waals surface area contributed by atoms with E-state index in [2.05, 4.69) is 4.74 Å². The average Bonchev–Trinajstić information content (AvgIpc) is 2.28. The second-order valence-corrected chi connectivity index (χ2v) is 3.10. The first-order valence-electron chi connectivity index (χ1n) is 4.80. The fraction of sp³-hybridized carbons (Fsp3) is 0.364. The highest BCUT2D eigenvalue weighted by Gasteiger charge is 2.17. The molecule has 0 N–H and O–H groups in total. The van der Waals surface area contributed by atoms with Crippen LogP contribution in [-0.4, -0.2) is 19.7 Å². The van der Waals surface area contributed by atoms with Gasteiger partial charge >= 0.3 is 5.97 Å². The van der Waals surface area contributed by atoms with Crippen LogP contribution in [0, 0.1) is 11.6 Å². The summed E-state index contributed by atoms with van der Waals surface area (Å²) in [4.78, 5) is 11.0. The van der Waals surface area contributed by atoms with Crippen molar-refractivity contribution in [1.82, 2.24) is 0 Å². The van der Waals surface area contributed by atoms with Gasteiger partial charge in [-0.05, 0) is 12.5 Å². The summed E-state index contributed by atoms with van der Waals surface area (Å²) in [6.45, 7) is 2.13. The number of methoxy groups -OCH3 is 1. The number of esters is 1. The van der Waals surface area contributed by atoms with E-state index in [1.165, 1.54) is 0 Å². The molecule has 0 aliphatic carbocycles. The number of ether oxygens (including phenoxy) is 2. The van der Waals surface area contributed by atoms with Crippen LogP contribution in [0.25, 0.3) is 0 Å². The summed E-state index contributed by atoms with van der Waals surface area (Å²) in [6.07, 6.45) is 0.680. The van der Waals surface area contributed by atoms with Crippen molar-refractivity contribution in [2.75, 3.05) is 13.7 Å². The number of halogens is 2. The average molecular weight is 230 g/mol. The van der Waals surface area contributed by atoms with E-state index in [0.29, 0.717) is 6.42 Å². The normalized spacial score (nSPS) is 10.0. The molecule has 0 amide bonds. The summed E-state index contributed by atoms with van der Waals surface area (Å²) in [5.41, 5.74) is -0.441. The lowest BCUT2D eigenvalue weighted by molar-refractivity contribution is 0.0594. The molecule has 0 saturated heterocycles. The molecule has 0 fully saturated rings. The highest BCUT2D eigenvalue weighted by atomic mass is 19.1. The Balaban J connectivity index is 3.02. The van der Waals surface area contributed by atoms with Crippen LogP contribution in [0.1, 0.15) is 23.7 Å². The molecule has 0 saturated carbocycles. The van der Waals surface area contributed by atoms with E-state index in [1.807, 2.05) is 6.92 Å². The van der Waals surface area contributed by atoms with E-state index in [4.69, 9.17) is 4.74 Å². The van der Waals surface area contributed by atoms with Crippen LogP contribution in [-0.2, 0) is 4.74 Å². The Morgan fingerprint density at radius 1 is 1.31 bits per heavy atom. The first-order chi connectivity index (χ1) is 7.60. The molecular formula is C11H12F2O3. The molecule has 0 aliphatic heterocycles. The van der Waals surface area contributed by atoms with Gasteiger partial charge in [0.2, 0.25) is 0 Å². The molecular weight excluding hydrogens is 218 g/mol. The zero-order valence-corrected chi connectivity index (χ0v) is 9.05. The lowest BCUT2D eigenvalue weighted by Crippen LogP contribution is -2.07. The fourth-order valence-electron chi connectivity index (χ4n) is 1.12. The van der Waals surface area contributed by atoms with Crippen molar-refractivity contribution in [2.45, 2.75) is 13.3 Å². The van der Waals surface area contributed by atoms with Gasteiger partial charge in [-0.1, -0.05) is 6.92 Å². The maximum atomic E-state index is 13.4. The molecule has 0 heterocycles. The molecule has 0 bridgehead atoms. The third-order valence-electron chi connectivity index (χ3n) is 1.89. The second kappa shape index (κ2) is 5.44. The van der Waals surface area contributed by atoms with Crippen molar-refractivity contribution >= 4 is 5.97 Å². The molecule has 3 nitrogen and oxygen atoms in total. The molecule has 0 radical (unpaired) electrons. The second-order valence-electron chi connectivity index (χ2n) is 3.10. The van der Waals surface area contributed by atoms with Crippen LogP contribution in [0.3, 0.4) is 0 Å². The van der Waals surface area contributed by atoms with Crippen LogP contribution >= 0.6 is 0 Å². The highest BCUT2D eigenvalue weighted by Crippen LogP contribution is 2.22. The van der Waals surface area contributed by atoms with Crippen molar-refractivity contribution in [3.63, 3.8) is 0 Å². The van der Waals surface area contributed by atoms with Crippen molar-refractivity contribution in [1.29, 1.82) is 0 Å². The minimum absolute atomic E-state index is 0.202. The highest BCUT2D eigenvalue weighted by molar-refractivity contribution is 5.89. The number of benzene rings is 1. The Morgan fingerprint density at radius 2 is 2.00 bits per heavy atom.